The number of aryl methyl sites for hydroxylation is 1. The molecule has 1 aromatic carbocycles. The Hall–Kier alpha value is -1.88. The van der Waals surface area contributed by atoms with Crippen LogP contribution in [0, 0.1) is 6.92 Å². The molecular weight excluding hydrogens is 452 g/mol. The van der Waals surface area contributed by atoms with Crippen molar-refractivity contribution < 1.29 is 26.0 Å². The number of nitrogens with one attached hydrogen (secondary N) is 1. The number of likely N-dealkylation sites (N-methyl/N-ethyl adjacent to an activating group) is 1. The molecule has 1 saturated heterocycles. The predicted molar refractivity (Wildman–Crippen MR) is 124 cm³/mol. The molecule has 3 rings (SSSR count). The van der Waals surface area contributed by atoms with Crippen molar-refractivity contribution in [2.75, 3.05) is 38.2 Å². The van der Waals surface area contributed by atoms with Crippen LogP contribution in [0.1, 0.15) is 31.2 Å². The largest absolute Gasteiger partial charge is 0.495 e. The van der Waals surface area contributed by atoms with Gasteiger partial charge < -0.3 is 14.5 Å². The quantitative estimate of drug-likeness (QED) is 0.547. The van der Waals surface area contributed by atoms with Crippen LogP contribution in [-0.4, -0.2) is 71.3 Å². The molecule has 0 bridgehead atoms. The zero-order chi connectivity index (χ0) is 23.5. The minimum Gasteiger partial charge on any atom is -0.495 e. The summed E-state index contributed by atoms with van der Waals surface area (Å²) < 4.78 is 63.0. The van der Waals surface area contributed by atoms with Gasteiger partial charge in [-0.05, 0) is 49.8 Å². The molecule has 0 amide bonds. The lowest BCUT2D eigenvalue weighted by atomic mass is 10.1. The fourth-order valence-electron chi connectivity index (χ4n) is 4.30. The van der Waals surface area contributed by atoms with E-state index in [1.54, 1.807) is 25.3 Å². The van der Waals surface area contributed by atoms with Gasteiger partial charge in [0.1, 0.15) is 16.4 Å². The van der Waals surface area contributed by atoms with Gasteiger partial charge in [-0.15, -0.1) is 0 Å². The van der Waals surface area contributed by atoms with Gasteiger partial charge in [0.15, 0.2) is 19.7 Å². The highest BCUT2D eigenvalue weighted by Crippen LogP contribution is 2.33. The lowest BCUT2D eigenvalue weighted by Crippen LogP contribution is -2.47. The molecule has 0 spiro atoms. The molecule has 178 valence electrons. The Morgan fingerprint density at radius 3 is 2.53 bits per heavy atom. The first-order valence-electron chi connectivity index (χ1n) is 10.7. The van der Waals surface area contributed by atoms with Crippen molar-refractivity contribution in [2.45, 2.75) is 43.0 Å². The minimum atomic E-state index is -3.96. The maximum Gasteiger partial charge on any atom is 0.187 e. The molecular formula is C22H32N2O6S2. The summed E-state index contributed by atoms with van der Waals surface area (Å²) in [6, 6.07) is 7.71. The van der Waals surface area contributed by atoms with Gasteiger partial charge in [-0.3, -0.25) is 4.90 Å². The Morgan fingerprint density at radius 1 is 1.22 bits per heavy atom. The average Bonchev–Trinajstić information content (AvgIpc) is 3.39. The van der Waals surface area contributed by atoms with E-state index in [9.17, 15) is 16.8 Å². The Morgan fingerprint density at radius 2 is 1.94 bits per heavy atom. The van der Waals surface area contributed by atoms with Gasteiger partial charge in [0.2, 0.25) is 0 Å². The number of sulfone groups is 2. The van der Waals surface area contributed by atoms with Crippen molar-refractivity contribution in [3.63, 3.8) is 0 Å². The van der Waals surface area contributed by atoms with Crippen LogP contribution in [0.3, 0.4) is 0 Å². The van der Waals surface area contributed by atoms with Gasteiger partial charge in [-0.25, -0.2) is 16.8 Å². The van der Waals surface area contributed by atoms with Crippen LogP contribution in [-0.2, 0) is 19.7 Å². The Kier molecular flexibility index (Phi) is 7.69. The summed E-state index contributed by atoms with van der Waals surface area (Å²) in [5.74, 6) is 0.326. The van der Waals surface area contributed by atoms with Gasteiger partial charge in [0, 0.05) is 12.6 Å². The molecule has 2 heterocycles. The Balaban J connectivity index is 1.91. The predicted octanol–water partition coefficient (Wildman–Crippen LogP) is 2.21. The third kappa shape index (κ3) is 5.19. The fourth-order valence-corrected chi connectivity index (χ4v) is 9.26. The van der Waals surface area contributed by atoms with E-state index in [1.165, 1.54) is 13.2 Å². The van der Waals surface area contributed by atoms with Crippen LogP contribution in [0.2, 0.25) is 0 Å². The highest BCUT2D eigenvalue weighted by atomic mass is 32.2. The summed E-state index contributed by atoms with van der Waals surface area (Å²) >= 11 is 0. The summed E-state index contributed by atoms with van der Waals surface area (Å²) in [6.45, 7) is 7.78. The van der Waals surface area contributed by atoms with Crippen LogP contribution in [0.25, 0.3) is 0 Å². The van der Waals surface area contributed by atoms with Crippen LogP contribution < -0.4 is 10.1 Å². The van der Waals surface area contributed by atoms with Gasteiger partial charge >= 0.3 is 0 Å². The lowest BCUT2D eigenvalue weighted by molar-refractivity contribution is 0.185. The number of hydrogen-bond acceptors (Lipinski definition) is 8. The topological polar surface area (TPSA) is 106 Å². The summed E-state index contributed by atoms with van der Waals surface area (Å²) in [5.41, 5.74) is 0.758. The second-order valence-corrected chi connectivity index (χ2v) is 12.4. The first-order valence-corrected chi connectivity index (χ1v) is 14.1. The molecule has 0 saturated carbocycles. The molecule has 1 aliphatic rings. The van der Waals surface area contributed by atoms with Gasteiger partial charge in [0.25, 0.3) is 0 Å². The van der Waals surface area contributed by atoms with E-state index in [0.717, 1.165) is 24.4 Å². The van der Waals surface area contributed by atoms with Gasteiger partial charge in [-0.2, -0.15) is 0 Å². The molecule has 2 aromatic rings. The zero-order valence-electron chi connectivity index (χ0n) is 18.9. The monoisotopic (exact) mass is 484 g/mol. The van der Waals surface area contributed by atoms with E-state index in [-0.39, 0.29) is 22.4 Å². The van der Waals surface area contributed by atoms with Crippen molar-refractivity contribution in [1.82, 2.24) is 10.2 Å². The SMILES string of the molecule is CCN(CC)C(CN[C@H]1CS(=O)(=O)C[C@@H]1S(=O)(=O)c1cc(C)ccc1OC)c1ccco1. The van der Waals surface area contributed by atoms with Crippen molar-refractivity contribution in [2.24, 2.45) is 0 Å². The normalized spacial score (nSPS) is 21.7. The first kappa shape index (κ1) is 24.8. The number of benzene rings is 1. The standard InChI is InChI=1S/C22H32N2O6S2/c1-5-24(6-2)18(19-8-7-11-30-19)13-23-17-14-31(25,26)15-22(17)32(27,28)21-12-16(3)9-10-20(21)29-4/h7-12,17-18,22-23H,5-6,13-15H2,1-4H3/t17-,18?,22-/m0/s1. The van der Waals surface area contributed by atoms with E-state index < -0.39 is 36.7 Å². The van der Waals surface area contributed by atoms with E-state index in [0.29, 0.717) is 6.54 Å². The number of ether oxygens (including phenoxy) is 1. The summed E-state index contributed by atoms with van der Waals surface area (Å²) in [7, 11) is -6.07. The molecule has 1 aliphatic heterocycles. The molecule has 1 fully saturated rings. The molecule has 1 N–H and O–H groups in total. The Bertz CT molecular complexity index is 1110. The van der Waals surface area contributed by atoms with Crippen LogP contribution in [0.15, 0.2) is 45.9 Å². The summed E-state index contributed by atoms with van der Waals surface area (Å²) in [6.07, 6.45) is 1.60. The minimum absolute atomic E-state index is 0.0280. The maximum absolute atomic E-state index is 13.6. The third-order valence-corrected chi connectivity index (χ3v) is 10.2. The van der Waals surface area contributed by atoms with Crippen LogP contribution in [0.4, 0.5) is 0 Å². The molecule has 32 heavy (non-hydrogen) atoms. The first-order chi connectivity index (χ1) is 15.1. The third-order valence-electron chi connectivity index (χ3n) is 6.02. The summed E-state index contributed by atoms with van der Waals surface area (Å²) in [5, 5.41) is 2.15. The average molecular weight is 485 g/mol. The molecule has 8 nitrogen and oxygen atoms in total. The Labute approximate surface area is 190 Å². The second kappa shape index (κ2) is 9.94. The number of hydrogen-bond donors (Lipinski definition) is 1. The van der Waals surface area contributed by atoms with Crippen molar-refractivity contribution in [3.05, 3.63) is 47.9 Å². The number of rotatable bonds is 10. The van der Waals surface area contributed by atoms with E-state index in [4.69, 9.17) is 9.15 Å². The fraction of sp³-hybridized carbons (Fsp3) is 0.545. The van der Waals surface area contributed by atoms with Gasteiger partial charge in [0.05, 0.1) is 36.2 Å². The number of nitrogens with zero attached hydrogens (tertiary/aromatic N) is 1. The number of furan rings is 1. The lowest BCUT2D eigenvalue weighted by Gasteiger charge is -2.30. The highest BCUT2D eigenvalue weighted by Gasteiger charge is 2.46. The van der Waals surface area contributed by atoms with E-state index in [1.807, 2.05) is 26.0 Å². The molecule has 1 unspecified atom stereocenters. The number of methoxy groups -OCH3 is 1. The molecule has 1 aromatic heterocycles. The van der Waals surface area contributed by atoms with E-state index >= 15 is 0 Å². The zero-order valence-corrected chi connectivity index (χ0v) is 20.6. The van der Waals surface area contributed by atoms with Gasteiger partial charge in [-0.1, -0.05) is 19.9 Å². The van der Waals surface area contributed by atoms with Crippen LogP contribution in [0.5, 0.6) is 5.75 Å². The molecule has 3 atom stereocenters. The molecule has 0 radical (unpaired) electrons. The van der Waals surface area contributed by atoms with Crippen molar-refractivity contribution >= 4 is 19.7 Å². The smallest absolute Gasteiger partial charge is 0.187 e. The van der Waals surface area contributed by atoms with Crippen molar-refractivity contribution in [3.8, 4) is 5.75 Å². The van der Waals surface area contributed by atoms with Crippen LogP contribution >= 0.6 is 0 Å². The van der Waals surface area contributed by atoms with Crippen molar-refractivity contribution in [1.29, 1.82) is 0 Å². The second-order valence-electron chi connectivity index (χ2n) is 8.08. The maximum atomic E-state index is 13.6. The molecule has 10 heteroatoms. The highest BCUT2D eigenvalue weighted by molar-refractivity contribution is 7.96. The summed E-state index contributed by atoms with van der Waals surface area (Å²) in [4.78, 5) is 2.21. The van der Waals surface area contributed by atoms with E-state index in [2.05, 4.69) is 10.2 Å². The molecule has 0 aliphatic carbocycles.